The maximum absolute atomic E-state index is 12.0. The number of aromatic nitrogens is 1. The Morgan fingerprint density at radius 3 is 3.10 bits per heavy atom. The van der Waals surface area contributed by atoms with E-state index < -0.39 is 5.91 Å². The number of carbonyl (C=O) groups is 2. The predicted octanol–water partition coefficient (Wildman–Crippen LogP) is 1.51. The number of nitrogens with zero attached hydrogens (tertiary/aromatic N) is 1. The molecule has 1 fully saturated rings. The quantitative estimate of drug-likeness (QED) is 0.872. The van der Waals surface area contributed by atoms with E-state index in [1.165, 1.54) is 11.3 Å². The van der Waals surface area contributed by atoms with E-state index in [1.54, 1.807) is 11.6 Å². The highest BCUT2D eigenvalue weighted by Crippen LogP contribution is 2.48. The van der Waals surface area contributed by atoms with Gasteiger partial charge >= 0.3 is 0 Å². The average molecular weight is 291 g/mol. The second-order valence-electron chi connectivity index (χ2n) is 4.74. The molecule has 0 unspecified atom stereocenters. The van der Waals surface area contributed by atoms with Crippen LogP contribution in [0.2, 0.25) is 0 Å². The van der Waals surface area contributed by atoms with Gasteiger partial charge in [-0.15, -0.1) is 11.3 Å². The lowest BCUT2D eigenvalue weighted by atomic mass is 10.2. The van der Waals surface area contributed by atoms with Crippen LogP contribution in [0.1, 0.15) is 23.8 Å². The van der Waals surface area contributed by atoms with Crippen molar-refractivity contribution in [2.24, 2.45) is 11.7 Å². The van der Waals surface area contributed by atoms with E-state index in [1.807, 2.05) is 12.1 Å². The zero-order chi connectivity index (χ0) is 14.1. The number of hydrogen-bond acceptors (Lipinski definition) is 5. The molecule has 2 heterocycles. The van der Waals surface area contributed by atoms with Crippen molar-refractivity contribution in [3.63, 3.8) is 0 Å². The molecule has 0 radical (unpaired) electrons. The van der Waals surface area contributed by atoms with Crippen molar-refractivity contribution in [1.29, 1.82) is 0 Å². The molecule has 1 aliphatic rings. The molecule has 0 bridgehead atoms. The van der Waals surface area contributed by atoms with Gasteiger partial charge in [-0.2, -0.15) is 0 Å². The van der Waals surface area contributed by atoms with Crippen LogP contribution in [0.4, 0.5) is 5.13 Å². The average Bonchev–Trinajstić information content (AvgIpc) is 2.82. The minimum Gasteiger partial charge on any atom is -0.469 e. The first-order valence-corrected chi connectivity index (χ1v) is 7.08. The maximum atomic E-state index is 12.0. The fourth-order valence-electron chi connectivity index (χ4n) is 2.12. The van der Waals surface area contributed by atoms with Gasteiger partial charge < -0.3 is 15.5 Å². The summed E-state index contributed by atoms with van der Waals surface area (Å²) in [6.07, 6.45) is 2.49. The van der Waals surface area contributed by atoms with Gasteiger partial charge in [0, 0.05) is 17.2 Å². The Balaban J connectivity index is 1.57. The first-order chi connectivity index (χ1) is 9.63. The number of thiazole rings is 1. The van der Waals surface area contributed by atoms with Crippen LogP contribution < -0.4 is 11.1 Å². The Morgan fingerprint density at radius 2 is 2.40 bits per heavy atom. The molecule has 2 atom stereocenters. The first kappa shape index (κ1) is 12.9. The van der Waals surface area contributed by atoms with E-state index in [0.29, 0.717) is 10.8 Å². The lowest BCUT2D eigenvalue weighted by Gasteiger charge is -1.99. The zero-order valence-electron chi connectivity index (χ0n) is 10.5. The third-order valence-corrected chi connectivity index (χ3v) is 3.98. The van der Waals surface area contributed by atoms with Gasteiger partial charge in [0.25, 0.3) is 0 Å². The fraction of sp³-hybridized carbons (Fsp3) is 0.308. The molecule has 1 aliphatic carbocycles. The van der Waals surface area contributed by atoms with Crippen molar-refractivity contribution in [3.8, 4) is 0 Å². The SMILES string of the molecule is NC(=O)Cc1csc(NC(=O)[C@H]2C[C@H]2c2ccco2)n1. The molecule has 3 rings (SSSR count). The van der Waals surface area contributed by atoms with Gasteiger partial charge in [-0.05, 0) is 18.6 Å². The van der Waals surface area contributed by atoms with E-state index >= 15 is 0 Å². The van der Waals surface area contributed by atoms with Crippen molar-refractivity contribution < 1.29 is 14.0 Å². The lowest BCUT2D eigenvalue weighted by molar-refractivity contribution is -0.118. The number of amides is 2. The van der Waals surface area contributed by atoms with Crippen LogP contribution in [-0.2, 0) is 16.0 Å². The van der Waals surface area contributed by atoms with Crippen molar-refractivity contribution >= 4 is 28.3 Å². The van der Waals surface area contributed by atoms with Crippen molar-refractivity contribution in [1.82, 2.24) is 4.98 Å². The van der Waals surface area contributed by atoms with Crippen molar-refractivity contribution in [3.05, 3.63) is 35.2 Å². The fourth-order valence-corrected chi connectivity index (χ4v) is 2.84. The summed E-state index contributed by atoms with van der Waals surface area (Å²) in [4.78, 5) is 27.0. The molecule has 2 aromatic rings. The number of nitrogens with one attached hydrogen (secondary N) is 1. The van der Waals surface area contributed by atoms with Crippen LogP contribution in [-0.4, -0.2) is 16.8 Å². The highest BCUT2D eigenvalue weighted by atomic mass is 32.1. The summed E-state index contributed by atoms with van der Waals surface area (Å²) in [5.41, 5.74) is 5.67. The summed E-state index contributed by atoms with van der Waals surface area (Å²) in [7, 11) is 0. The van der Waals surface area contributed by atoms with Crippen LogP contribution in [0.3, 0.4) is 0 Å². The molecule has 2 amide bonds. The van der Waals surface area contributed by atoms with E-state index in [0.717, 1.165) is 12.2 Å². The normalized spacial score (nSPS) is 20.6. The molecular formula is C13H13N3O3S. The molecule has 3 N–H and O–H groups in total. The molecule has 1 saturated carbocycles. The molecule has 6 nitrogen and oxygen atoms in total. The van der Waals surface area contributed by atoms with Gasteiger partial charge in [0.2, 0.25) is 11.8 Å². The maximum Gasteiger partial charge on any atom is 0.230 e. The van der Waals surface area contributed by atoms with Gasteiger partial charge in [0.1, 0.15) is 5.76 Å². The Labute approximate surface area is 119 Å². The van der Waals surface area contributed by atoms with Gasteiger partial charge in [-0.25, -0.2) is 4.98 Å². The molecular weight excluding hydrogens is 278 g/mol. The molecule has 0 spiro atoms. The highest BCUT2D eigenvalue weighted by Gasteiger charge is 2.46. The van der Waals surface area contributed by atoms with Gasteiger partial charge in [-0.3, -0.25) is 9.59 Å². The summed E-state index contributed by atoms with van der Waals surface area (Å²) >= 11 is 1.29. The number of primary amides is 1. The number of hydrogen-bond donors (Lipinski definition) is 2. The molecule has 104 valence electrons. The van der Waals surface area contributed by atoms with Crippen LogP contribution in [0, 0.1) is 5.92 Å². The topological polar surface area (TPSA) is 98.2 Å². The molecule has 7 heteroatoms. The smallest absolute Gasteiger partial charge is 0.230 e. The highest BCUT2D eigenvalue weighted by molar-refractivity contribution is 7.13. The summed E-state index contributed by atoms with van der Waals surface area (Å²) < 4.78 is 5.29. The third kappa shape index (κ3) is 2.72. The first-order valence-electron chi connectivity index (χ1n) is 6.20. The van der Waals surface area contributed by atoms with Gasteiger partial charge in [0.05, 0.1) is 18.4 Å². The second-order valence-corrected chi connectivity index (χ2v) is 5.60. The molecule has 2 aromatic heterocycles. The minimum atomic E-state index is -0.437. The zero-order valence-corrected chi connectivity index (χ0v) is 11.4. The molecule has 0 saturated heterocycles. The third-order valence-electron chi connectivity index (χ3n) is 3.17. The summed E-state index contributed by atoms with van der Waals surface area (Å²) in [6.45, 7) is 0. The van der Waals surface area contributed by atoms with Crippen LogP contribution in [0.15, 0.2) is 28.2 Å². The van der Waals surface area contributed by atoms with E-state index in [9.17, 15) is 9.59 Å². The summed E-state index contributed by atoms with van der Waals surface area (Å²) in [6, 6.07) is 3.70. The largest absolute Gasteiger partial charge is 0.469 e. The second kappa shape index (κ2) is 5.09. The summed E-state index contributed by atoms with van der Waals surface area (Å²) in [5.74, 6) is 0.443. The number of rotatable bonds is 5. The van der Waals surface area contributed by atoms with Crippen LogP contribution >= 0.6 is 11.3 Å². The number of nitrogens with two attached hydrogens (primary N) is 1. The predicted molar refractivity (Wildman–Crippen MR) is 73.2 cm³/mol. The monoisotopic (exact) mass is 291 g/mol. The number of furan rings is 1. The number of anilines is 1. The lowest BCUT2D eigenvalue weighted by Crippen LogP contribution is -2.15. The van der Waals surface area contributed by atoms with E-state index in [-0.39, 0.29) is 24.2 Å². The Bertz CT molecular complexity index is 635. The minimum absolute atomic E-state index is 0.0635. The van der Waals surface area contributed by atoms with Crippen molar-refractivity contribution in [2.75, 3.05) is 5.32 Å². The molecule has 0 aromatic carbocycles. The van der Waals surface area contributed by atoms with Crippen LogP contribution in [0.5, 0.6) is 0 Å². The summed E-state index contributed by atoms with van der Waals surface area (Å²) in [5, 5.41) is 4.98. The molecule has 0 aliphatic heterocycles. The Kier molecular flexibility index (Phi) is 3.27. The molecule has 20 heavy (non-hydrogen) atoms. The Hall–Kier alpha value is -2.15. The number of carbonyl (C=O) groups excluding carboxylic acids is 2. The standard InChI is InChI=1S/C13H13N3O3S/c14-11(17)4-7-6-20-13(15-7)16-12(18)9-5-8(9)10-2-1-3-19-10/h1-3,6,8-9H,4-5H2,(H2,14,17)(H,15,16,18)/t8-,9+/m1/s1. The Morgan fingerprint density at radius 1 is 1.55 bits per heavy atom. The van der Waals surface area contributed by atoms with E-state index in [4.69, 9.17) is 10.2 Å². The van der Waals surface area contributed by atoms with Crippen LogP contribution in [0.25, 0.3) is 0 Å². The van der Waals surface area contributed by atoms with Gasteiger partial charge in [-0.1, -0.05) is 0 Å². The van der Waals surface area contributed by atoms with E-state index in [2.05, 4.69) is 10.3 Å². The van der Waals surface area contributed by atoms with Gasteiger partial charge in [0.15, 0.2) is 5.13 Å². The van der Waals surface area contributed by atoms with Crippen molar-refractivity contribution in [2.45, 2.75) is 18.8 Å².